The van der Waals surface area contributed by atoms with Crippen molar-refractivity contribution in [2.45, 2.75) is 0 Å². The number of carbonyl (C=O) groups excluding carboxylic acids is 1. The number of methoxy groups -OCH3 is 1. The summed E-state index contributed by atoms with van der Waals surface area (Å²) < 4.78 is 6.76. The third kappa shape index (κ3) is 4.12. The summed E-state index contributed by atoms with van der Waals surface area (Å²) in [4.78, 5) is 27.7. The van der Waals surface area contributed by atoms with Crippen molar-refractivity contribution in [1.82, 2.24) is 4.98 Å². The van der Waals surface area contributed by atoms with Gasteiger partial charge in [-0.15, -0.1) is 11.3 Å². The van der Waals surface area contributed by atoms with Crippen LogP contribution in [0.1, 0.15) is 10.4 Å². The number of fused-ring (bicyclic) bond motifs is 1. The van der Waals surface area contributed by atoms with E-state index < -0.39 is 10.8 Å². The lowest BCUT2D eigenvalue weighted by Gasteiger charge is -2.06. The molecule has 0 aliphatic rings. The minimum atomic E-state index is -0.499. The Kier molecular flexibility index (Phi) is 5.64. The smallest absolute Gasteiger partial charge is 0.283 e. The summed E-state index contributed by atoms with van der Waals surface area (Å²) in [6.07, 6.45) is 0. The Hall–Kier alpha value is -3.05. The zero-order chi connectivity index (χ0) is 21.3. The highest BCUT2D eigenvalue weighted by Gasteiger charge is 2.16. The van der Waals surface area contributed by atoms with Crippen LogP contribution < -0.4 is 10.1 Å². The number of ether oxygens (including phenoxy) is 1. The first-order valence-corrected chi connectivity index (χ1v) is 10.6. The number of hydrogen-bond donors (Lipinski definition) is 1. The van der Waals surface area contributed by atoms with Gasteiger partial charge in [0.25, 0.3) is 11.6 Å². The summed E-state index contributed by atoms with van der Waals surface area (Å²) in [5.41, 5.74) is 2.55. The topological polar surface area (TPSA) is 94.4 Å². The highest BCUT2D eigenvalue weighted by atomic mass is 127. The molecule has 4 rings (SSSR count). The van der Waals surface area contributed by atoms with E-state index in [0.29, 0.717) is 9.26 Å². The Bertz CT molecular complexity index is 1270. The number of hydrogen-bond acceptors (Lipinski definition) is 6. The van der Waals surface area contributed by atoms with Gasteiger partial charge in [0.2, 0.25) is 0 Å². The first-order valence-electron chi connectivity index (χ1n) is 8.75. The predicted molar refractivity (Wildman–Crippen MR) is 125 cm³/mol. The molecule has 3 aromatic carbocycles. The van der Waals surface area contributed by atoms with Gasteiger partial charge in [0, 0.05) is 22.9 Å². The van der Waals surface area contributed by atoms with Crippen LogP contribution in [0, 0.1) is 13.7 Å². The van der Waals surface area contributed by atoms with Gasteiger partial charge in [0.1, 0.15) is 10.8 Å². The number of nitro benzene ring substituents is 1. The van der Waals surface area contributed by atoms with E-state index in [9.17, 15) is 14.9 Å². The molecule has 0 aliphatic carbocycles. The van der Waals surface area contributed by atoms with Crippen molar-refractivity contribution >= 4 is 61.4 Å². The normalized spacial score (nSPS) is 10.7. The van der Waals surface area contributed by atoms with Crippen LogP contribution in [-0.2, 0) is 0 Å². The molecular formula is C21H14IN3O4S. The lowest BCUT2D eigenvalue weighted by atomic mass is 10.1. The monoisotopic (exact) mass is 531 g/mol. The molecule has 1 aromatic heterocycles. The SMILES string of the molecule is COc1ccc2nc(-c3ccc(NC(=O)c4ccc(I)c([N+](=O)[O-])c4)cc3)sc2c1. The van der Waals surface area contributed by atoms with Gasteiger partial charge in [0.05, 0.1) is 25.8 Å². The molecule has 1 heterocycles. The summed E-state index contributed by atoms with van der Waals surface area (Å²) in [5, 5.41) is 14.7. The maximum atomic E-state index is 12.5. The highest BCUT2D eigenvalue weighted by Crippen LogP contribution is 2.33. The molecule has 1 N–H and O–H groups in total. The fraction of sp³-hybridized carbons (Fsp3) is 0.0476. The van der Waals surface area contributed by atoms with Crippen LogP contribution in [0.15, 0.2) is 60.7 Å². The molecule has 4 aromatic rings. The van der Waals surface area contributed by atoms with E-state index in [-0.39, 0.29) is 11.3 Å². The molecule has 0 saturated heterocycles. The van der Waals surface area contributed by atoms with Crippen LogP contribution in [0.25, 0.3) is 20.8 Å². The molecule has 1 amide bonds. The maximum absolute atomic E-state index is 12.5. The summed E-state index contributed by atoms with van der Waals surface area (Å²) in [6, 6.07) is 17.4. The van der Waals surface area contributed by atoms with Gasteiger partial charge in [-0.3, -0.25) is 14.9 Å². The highest BCUT2D eigenvalue weighted by molar-refractivity contribution is 14.1. The number of anilines is 1. The average molecular weight is 531 g/mol. The van der Waals surface area contributed by atoms with E-state index in [1.165, 1.54) is 6.07 Å². The molecular weight excluding hydrogens is 517 g/mol. The quantitative estimate of drug-likeness (QED) is 0.202. The average Bonchev–Trinajstić information content (AvgIpc) is 3.17. The molecule has 0 bridgehead atoms. The third-order valence-electron chi connectivity index (χ3n) is 4.39. The minimum Gasteiger partial charge on any atom is -0.497 e. The Morgan fingerprint density at radius 1 is 1.13 bits per heavy atom. The molecule has 30 heavy (non-hydrogen) atoms. The van der Waals surface area contributed by atoms with Crippen molar-refractivity contribution in [3.63, 3.8) is 0 Å². The van der Waals surface area contributed by atoms with Gasteiger partial charge in [-0.25, -0.2) is 4.98 Å². The second-order valence-corrected chi connectivity index (χ2v) is 8.50. The number of amides is 1. The molecule has 0 atom stereocenters. The minimum absolute atomic E-state index is 0.0916. The molecule has 7 nitrogen and oxygen atoms in total. The number of benzene rings is 3. The van der Waals surface area contributed by atoms with E-state index in [1.807, 2.05) is 52.9 Å². The summed E-state index contributed by atoms with van der Waals surface area (Å²) in [5.74, 6) is 0.376. The number of thiazole rings is 1. The fourth-order valence-corrected chi connectivity index (χ4v) is 4.38. The van der Waals surface area contributed by atoms with Crippen molar-refractivity contribution in [2.75, 3.05) is 12.4 Å². The largest absolute Gasteiger partial charge is 0.497 e. The van der Waals surface area contributed by atoms with E-state index in [4.69, 9.17) is 4.74 Å². The number of rotatable bonds is 5. The van der Waals surface area contributed by atoms with Crippen LogP contribution in [0.4, 0.5) is 11.4 Å². The molecule has 0 spiro atoms. The number of halogens is 1. The standard InChI is InChI=1S/C21H14IN3O4S/c1-29-15-7-9-17-19(11-15)30-21(24-17)12-2-5-14(6-3-12)23-20(26)13-4-8-16(22)18(10-13)25(27)28/h2-11H,1H3,(H,23,26). The molecule has 0 saturated carbocycles. The van der Waals surface area contributed by atoms with Crippen molar-refractivity contribution in [3.05, 3.63) is 79.9 Å². The zero-order valence-electron chi connectivity index (χ0n) is 15.6. The Morgan fingerprint density at radius 2 is 1.90 bits per heavy atom. The van der Waals surface area contributed by atoms with Crippen molar-refractivity contribution in [2.24, 2.45) is 0 Å². The summed E-state index contributed by atoms with van der Waals surface area (Å²) >= 11 is 3.43. The van der Waals surface area contributed by atoms with Crippen LogP contribution in [-0.4, -0.2) is 22.9 Å². The second kappa shape index (κ2) is 8.36. The van der Waals surface area contributed by atoms with Gasteiger partial charge < -0.3 is 10.1 Å². The molecule has 0 unspecified atom stereocenters. The van der Waals surface area contributed by atoms with Gasteiger partial charge in [-0.2, -0.15) is 0 Å². The molecule has 0 radical (unpaired) electrons. The summed E-state index contributed by atoms with van der Waals surface area (Å²) in [7, 11) is 1.63. The van der Waals surface area contributed by atoms with Gasteiger partial charge in [0.15, 0.2) is 0 Å². The first-order chi connectivity index (χ1) is 14.4. The summed E-state index contributed by atoms with van der Waals surface area (Å²) in [6.45, 7) is 0. The maximum Gasteiger partial charge on any atom is 0.283 e. The molecule has 150 valence electrons. The van der Waals surface area contributed by atoms with Crippen LogP contribution >= 0.6 is 33.9 Å². The first kappa shape index (κ1) is 20.2. The fourth-order valence-electron chi connectivity index (χ4n) is 2.85. The second-order valence-electron chi connectivity index (χ2n) is 6.31. The Labute approximate surface area is 189 Å². The van der Waals surface area contributed by atoms with E-state index in [1.54, 1.807) is 42.7 Å². The zero-order valence-corrected chi connectivity index (χ0v) is 18.6. The third-order valence-corrected chi connectivity index (χ3v) is 6.37. The van der Waals surface area contributed by atoms with E-state index in [0.717, 1.165) is 26.5 Å². The number of carbonyl (C=O) groups is 1. The van der Waals surface area contributed by atoms with Gasteiger partial charge in [-0.1, -0.05) is 0 Å². The van der Waals surface area contributed by atoms with E-state index >= 15 is 0 Å². The van der Waals surface area contributed by atoms with Crippen molar-refractivity contribution in [1.29, 1.82) is 0 Å². The van der Waals surface area contributed by atoms with E-state index in [2.05, 4.69) is 10.3 Å². The number of nitro groups is 1. The lowest BCUT2D eigenvalue weighted by Crippen LogP contribution is -2.12. The Balaban J connectivity index is 1.53. The van der Waals surface area contributed by atoms with Crippen LogP contribution in [0.2, 0.25) is 0 Å². The van der Waals surface area contributed by atoms with Gasteiger partial charge >= 0.3 is 0 Å². The number of nitrogens with zero attached hydrogens (tertiary/aromatic N) is 2. The number of nitrogens with one attached hydrogen (secondary N) is 1. The number of aromatic nitrogens is 1. The molecule has 0 fully saturated rings. The Morgan fingerprint density at radius 3 is 2.60 bits per heavy atom. The molecule has 0 aliphatic heterocycles. The lowest BCUT2D eigenvalue weighted by molar-refractivity contribution is -0.385. The molecule has 9 heteroatoms. The van der Waals surface area contributed by atoms with Crippen molar-refractivity contribution < 1.29 is 14.5 Å². The van der Waals surface area contributed by atoms with Crippen LogP contribution in [0.3, 0.4) is 0 Å². The van der Waals surface area contributed by atoms with Gasteiger partial charge in [-0.05, 0) is 77.2 Å². The van der Waals surface area contributed by atoms with Crippen molar-refractivity contribution in [3.8, 4) is 16.3 Å². The van der Waals surface area contributed by atoms with Crippen LogP contribution in [0.5, 0.6) is 5.75 Å². The predicted octanol–water partition coefficient (Wildman–Crippen LogP) is 5.74.